The van der Waals surface area contributed by atoms with E-state index in [4.69, 9.17) is 0 Å². The van der Waals surface area contributed by atoms with Gasteiger partial charge in [0.05, 0.1) is 0 Å². The summed E-state index contributed by atoms with van der Waals surface area (Å²) in [6.07, 6.45) is 11.2. The van der Waals surface area contributed by atoms with Gasteiger partial charge in [0.1, 0.15) is 11.7 Å². The Morgan fingerprint density at radius 3 is 2.68 bits per heavy atom. The molecule has 4 rings (SSSR count). The third kappa shape index (κ3) is 1.60. The van der Waals surface area contributed by atoms with E-state index >= 15 is 0 Å². The van der Waals surface area contributed by atoms with Crippen LogP contribution < -0.4 is 0 Å². The Morgan fingerprint density at radius 1 is 1.09 bits per heavy atom. The van der Waals surface area contributed by atoms with Crippen molar-refractivity contribution in [1.29, 1.82) is 0 Å². The van der Waals surface area contributed by atoms with E-state index in [2.05, 4.69) is 6.92 Å². The first-order chi connectivity index (χ1) is 10.5. The van der Waals surface area contributed by atoms with E-state index in [0.717, 1.165) is 30.6 Å². The minimum atomic E-state index is -1.09. The van der Waals surface area contributed by atoms with E-state index in [1.165, 1.54) is 38.2 Å². The number of aldehydes is 1. The van der Waals surface area contributed by atoms with Crippen molar-refractivity contribution >= 4 is 17.9 Å². The quantitative estimate of drug-likeness (QED) is 0.424. The molecular weight excluding hydrogens is 276 g/mol. The van der Waals surface area contributed by atoms with Gasteiger partial charge in [0, 0.05) is 0 Å². The molecule has 4 aliphatic rings. The summed E-state index contributed by atoms with van der Waals surface area (Å²) in [6.45, 7) is 2.43. The average Bonchev–Trinajstić information content (AvgIpc) is 2.79. The van der Waals surface area contributed by atoms with Crippen molar-refractivity contribution in [3.63, 3.8) is 0 Å². The van der Waals surface area contributed by atoms with Crippen molar-refractivity contribution in [3.8, 4) is 0 Å². The fourth-order valence-electron chi connectivity index (χ4n) is 6.28. The van der Waals surface area contributed by atoms with Gasteiger partial charge in [0.2, 0.25) is 11.6 Å². The smallest absolute Gasteiger partial charge is 0.222 e. The zero-order valence-corrected chi connectivity index (χ0v) is 13.3. The highest BCUT2D eigenvalue weighted by atomic mass is 16.2. The number of carbonyl (C=O) groups is 3. The predicted octanol–water partition coefficient (Wildman–Crippen LogP) is 3.27. The monoisotopic (exact) mass is 300 g/mol. The van der Waals surface area contributed by atoms with Crippen LogP contribution in [0.3, 0.4) is 0 Å². The summed E-state index contributed by atoms with van der Waals surface area (Å²) in [5, 5.41) is 0. The van der Waals surface area contributed by atoms with Gasteiger partial charge in [-0.25, -0.2) is 0 Å². The number of rotatable bonds is 1. The second-order valence-electron chi connectivity index (χ2n) is 8.16. The van der Waals surface area contributed by atoms with Gasteiger partial charge in [0.15, 0.2) is 0 Å². The molecule has 0 saturated heterocycles. The zero-order valence-electron chi connectivity index (χ0n) is 13.3. The van der Waals surface area contributed by atoms with Crippen molar-refractivity contribution in [2.75, 3.05) is 0 Å². The Morgan fingerprint density at radius 2 is 1.91 bits per heavy atom. The van der Waals surface area contributed by atoms with Crippen LogP contribution in [0, 0.1) is 28.6 Å². The van der Waals surface area contributed by atoms with Gasteiger partial charge in [-0.1, -0.05) is 19.8 Å². The number of fused-ring (bicyclic) bond motifs is 5. The Bertz CT molecular complexity index is 589. The summed E-state index contributed by atoms with van der Waals surface area (Å²) in [6, 6.07) is 0. The molecule has 0 amide bonds. The molecular formula is C19H24O3. The summed E-state index contributed by atoms with van der Waals surface area (Å²) < 4.78 is 0. The molecule has 0 aliphatic heterocycles. The predicted molar refractivity (Wildman–Crippen MR) is 82.1 cm³/mol. The number of hydrogen-bond donors (Lipinski definition) is 0. The molecule has 3 nitrogen and oxygen atoms in total. The zero-order chi connectivity index (χ0) is 15.5. The van der Waals surface area contributed by atoms with Crippen molar-refractivity contribution in [1.82, 2.24) is 0 Å². The fraction of sp³-hybridized carbons (Fsp3) is 0.737. The van der Waals surface area contributed by atoms with Crippen LogP contribution >= 0.6 is 0 Å². The maximum absolute atomic E-state index is 12.3. The summed E-state index contributed by atoms with van der Waals surface area (Å²) in [7, 11) is 0. The van der Waals surface area contributed by atoms with E-state index in [1.807, 2.05) is 0 Å². The molecule has 3 heteroatoms. The molecule has 3 fully saturated rings. The first-order valence-electron chi connectivity index (χ1n) is 8.80. The number of allylic oxidation sites excluding steroid dienone is 2. The van der Waals surface area contributed by atoms with Gasteiger partial charge in [-0.05, 0) is 73.3 Å². The van der Waals surface area contributed by atoms with Crippen LogP contribution in [-0.2, 0) is 14.4 Å². The number of ketones is 2. The Labute approximate surface area is 131 Å². The van der Waals surface area contributed by atoms with Gasteiger partial charge in [-0.2, -0.15) is 0 Å². The Hall–Kier alpha value is -1.25. The lowest BCUT2D eigenvalue weighted by molar-refractivity contribution is -0.142. The minimum absolute atomic E-state index is 0.272. The lowest BCUT2D eigenvalue weighted by atomic mass is 9.46. The largest absolute Gasteiger partial charge is 0.302 e. The van der Waals surface area contributed by atoms with Gasteiger partial charge in [-0.3, -0.25) is 9.59 Å². The highest BCUT2D eigenvalue weighted by Crippen LogP contribution is 2.63. The molecule has 4 aliphatic carbocycles. The van der Waals surface area contributed by atoms with Crippen LogP contribution in [0.1, 0.15) is 58.3 Å². The van der Waals surface area contributed by atoms with Crippen LogP contribution in [0.4, 0.5) is 0 Å². The van der Waals surface area contributed by atoms with Gasteiger partial charge in [-0.15, -0.1) is 0 Å². The molecule has 3 saturated carbocycles. The van der Waals surface area contributed by atoms with E-state index in [1.54, 1.807) is 0 Å². The van der Waals surface area contributed by atoms with E-state index < -0.39 is 17.0 Å². The first kappa shape index (κ1) is 14.3. The molecule has 118 valence electrons. The molecule has 0 aromatic heterocycles. The SMILES string of the molecule is C[C@]12CCCCC1CC[C@H]1C3=CC(=O)C(=O)[C@@]3(C=O)CC[C@@H]12. The Kier molecular flexibility index (Phi) is 3.02. The van der Waals surface area contributed by atoms with Crippen LogP contribution in [0.25, 0.3) is 0 Å². The van der Waals surface area contributed by atoms with Crippen LogP contribution in [-0.4, -0.2) is 17.9 Å². The van der Waals surface area contributed by atoms with Crippen LogP contribution in [0.5, 0.6) is 0 Å². The second kappa shape index (κ2) is 4.62. The first-order valence-corrected chi connectivity index (χ1v) is 8.80. The topological polar surface area (TPSA) is 51.2 Å². The van der Waals surface area contributed by atoms with Gasteiger partial charge < -0.3 is 4.79 Å². The molecule has 22 heavy (non-hydrogen) atoms. The molecule has 0 aromatic carbocycles. The van der Waals surface area contributed by atoms with Crippen molar-refractivity contribution in [2.24, 2.45) is 28.6 Å². The molecule has 5 atom stereocenters. The molecule has 0 bridgehead atoms. The summed E-state index contributed by atoms with van der Waals surface area (Å²) in [4.78, 5) is 36.0. The molecule has 0 radical (unpaired) electrons. The minimum Gasteiger partial charge on any atom is -0.302 e. The molecule has 0 spiro atoms. The summed E-state index contributed by atoms with van der Waals surface area (Å²) in [5.74, 6) is 0.698. The molecule has 0 aromatic rings. The molecule has 0 N–H and O–H groups in total. The third-order valence-electron chi connectivity index (χ3n) is 7.49. The number of carbonyl (C=O) groups excluding carboxylic acids is 3. The lowest BCUT2D eigenvalue weighted by Crippen LogP contribution is -2.51. The van der Waals surface area contributed by atoms with Gasteiger partial charge in [0.25, 0.3) is 0 Å². The maximum Gasteiger partial charge on any atom is 0.222 e. The highest BCUT2D eigenvalue weighted by molar-refractivity contribution is 6.49. The van der Waals surface area contributed by atoms with E-state index in [9.17, 15) is 14.4 Å². The second-order valence-corrected chi connectivity index (χ2v) is 8.16. The van der Waals surface area contributed by atoms with E-state index in [-0.39, 0.29) is 5.92 Å². The fourth-order valence-corrected chi connectivity index (χ4v) is 6.28. The van der Waals surface area contributed by atoms with Crippen LogP contribution in [0.15, 0.2) is 11.6 Å². The lowest BCUT2D eigenvalue weighted by Gasteiger charge is -2.57. The maximum atomic E-state index is 12.3. The average molecular weight is 300 g/mol. The highest BCUT2D eigenvalue weighted by Gasteiger charge is 2.60. The van der Waals surface area contributed by atoms with Crippen molar-refractivity contribution in [3.05, 3.63) is 11.6 Å². The van der Waals surface area contributed by atoms with Crippen LogP contribution in [0.2, 0.25) is 0 Å². The number of Topliss-reactive ketones (excluding diaryl/α,β-unsaturated/α-hetero) is 1. The summed E-state index contributed by atoms with van der Waals surface area (Å²) in [5.41, 5.74) is 0.126. The summed E-state index contributed by atoms with van der Waals surface area (Å²) >= 11 is 0. The Balaban J connectivity index is 1.75. The van der Waals surface area contributed by atoms with Crippen molar-refractivity contribution < 1.29 is 14.4 Å². The number of hydrogen-bond acceptors (Lipinski definition) is 3. The van der Waals surface area contributed by atoms with Crippen molar-refractivity contribution in [2.45, 2.75) is 58.3 Å². The van der Waals surface area contributed by atoms with E-state index in [0.29, 0.717) is 17.8 Å². The molecule has 1 unspecified atom stereocenters. The normalized spacial score (nSPS) is 47.3. The third-order valence-corrected chi connectivity index (χ3v) is 7.49. The van der Waals surface area contributed by atoms with Gasteiger partial charge >= 0.3 is 0 Å². The standard InChI is InChI=1S/C19H24O3/c1-18-8-3-2-4-12(18)5-6-13-14(18)7-9-19(11-20)15(13)10-16(21)17(19)22/h10-14H,2-9H2,1H3/t12?,13-,14+,18+,19-/m1/s1. The molecule has 0 heterocycles.